The van der Waals surface area contributed by atoms with E-state index in [2.05, 4.69) is 15.9 Å². The summed E-state index contributed by atoms with van der Waals surface area (Å²) in [5.41, 5.74) is 0.280. The zero-order valence-electron chi connectivity index (χ0n) is 10.5. The number of carbonyl (C=O) groups excluding carboxylic acids is 1. The summed E-state index contributed by atoms with van der Waals surface area (Å²) >= 11 is 3.31. The fourth-order valence-corrected chi connectivity index (χ4v) is 2.05. The molecule has 0 heterocycles. The normalized spacial score (nSPS) is 10.2. The molecule has 4 nitrogen and oxygen atoms in total. The highest BCUT2D eigenvalue weighted by Gasteiger charge is 2.18. The molecule has 0 aliphatic carbocycles. The Morgan fingerprint density at radius 2 is 2.00 bits per heavy atom. The first-order valence-corrected chi connectivity index (χ1v) is 6.81. The number of aromatic hydroxyl groups is 1. The van der Waals surface area contributed by atoms with Gasteiger partial charge in [0.15, 0.2) is 17.3 Å². The van der Waals surface area contributed by atoms with Crippen LogP contribution in [0.25, 0.3) is 0 Å². The molecule has 0 unspecified atom stereocenters. The third kappa shape index (κ3) is 3.38. The highest BCUT2D eigenvalue weighted by atomic mass is 79.9. The van der Waals surface area contributed by atoms with Crippen molar-refractivity contribution in [1.82, 2.24) is 0 Å². The van der Waals surface area contributed by atoms with E-state index in [0.29, 0.717) is 12.2 Å². The van der Waals surface area contributed by atoms with Gasteiger partial charge < -0.3 is 14.6 Å². The maximum atomic E-state index is 11.9. The number of carbonyl (C=O) groups is 1. The van der Waals surface area contributed by atoms with Crippen LogP contribution in [0.15, 0.2) is 12.1 Å². The molecule has 5 heteroatoms. The molecule has 1 N–H and O–H groups in total. The van der Waals surface area contributed by atoms with E-state index in [1.165, 1.54) is 14.2 Å². The summed E-state index contributed by atoms with van der Waals surface area (Å²) in [5.74, 6) is 0.367. The van der Waals surface area contributed by atoms with Crippen molar-refractivity contribution in [2.75, 3.05) is 19.5 Å². The zero-order chi connectivity index (χ0) is 13.5. The van der Waals surface area contributed by atoms with Gasteiger partial charge in [-0.3, -0.25) is 4.79 Å². The second-order valence-electron chi connectivity index (χ2n) is 3.77. The second kappa shape index (κ2) is 7.26. The number of hydrogen-bond acceptors (Lipinski definition) is 4. The van der Waals surface area contributed by atoms with Crippen LogP contribution in [0.1, 0.15) is 29.6 Å². The fraction of sp³-hybridized carbons (Fsp3) is 0.462. The van der Waals surface area contributed by atoms with Gasteiger partial charge in [0.1, 0.15) is 0 Å². The quantitative estimate of drug-likeness (QED) is 0.477. The molecular weight excluding hydrogens is 300 g/mol. The predicted molar refractivity (Wildman–Crippen MR) is 73.2 cm³/mol. The number of hydrogen-bond donors (Lipinski definition) is 1. The van der Waals surface area contributed by atoms with E-state index >= 15 is 0 Å². The topological polar surface area (TPSA) is 55.8 Å². The number of rotatable bonds is 7. The second-order valence-corrected chi connectivity index (χ2v) is 4.56. The first-order valence-electron chi connectivity index (χ1n) is 5.68. The summed E-state index contributed by atoms with van der Waals surface area (Å²) in [4.78, 5) is 11.9. The van der Waals surface area contributed by atoms with Gasteiger partial charge in [0, 0.05) is 11.8 Å². The molecule has 0 saturated carbocycles. The van der Waals surface area contributed by atoms with Crippen molar-refractivity contribution in [2.24, 2.45) is 0 Å². The van der Waals surface area contributed by atoms with Crippen molar-refractivity contribution in [2.45, 2.75) is 19.3 Å². The van der Waals surface area contributed by atoms with Gasteiger partial charge in [-0.25, -0.2) is 0 Å². The number of Topliss-reactive ketones (excluding diaryl/α,β-unsaturated/α-hetero) is 1. The SMILES string of the molecule is COc1ccc(C(=O)CCCCBr)c(O)c1OC. The molecule has 100 valence electrons. The van der Waals surface area contributed by atoms with Crippen molar-refractivity contribution >= 4 is 21.7 Å². The minimum absolute atomic E-state index is 0.0885. The van der Waals surface area contributed by atoms with E-state index in [9.17, 15) is 9.90 Å². The summed E-state index contributed by atoms with van der Waals surface area (Å²) in [7, 11) is 2.91. The van der Waals surface area contributed by atoms with Crippen LogP contribution in [0.5, 0.6) is 17.2 Å². The van der Waals surface area contributed by atoms with Crippen LogP contribution in [0.4, 0.5) is 0 Å². The average Bonchev–Trinajstić information content (AvgIpc) is 2.38. The lowest BCUT2D eigenvalue weighted by Gasteiger charge is -2.12. The van der Waals surface area contributed by atoms with Gasteiger partial charge in [-0.05, 0) is 25.0 Å². The van der Waals surface area contributed by atoms with Gasteiger partial charge in [-0.1, -0.05) is 15.9 Å². The van der Waals surface area contributed by atoms with Crippen molar-refractivity contribution in [1.29, 1.82) is 0 Å². The molecule has 0 aliphatic rings. The van der Waals surface area contributed by atoms with Crippen LogP contribution in [0.2, 0.25) is 0 Å². The molecule has 0 aromatic heterocycles. The Morgan fingerprint density at radius 1 is 1.28 bits per heavy atom. The Labute approximate surface area is 115 Å². The number of halogens is 1. The van der Waals surface area contributed by atoms with Crippen LogP contribution in [0, 0.1) is 0 Å². The van der Waals surface area contributed by atoms with Crippen LogP contribution in [-0.4, -0.2) is 30.4 Å². The van der Waals surface area contributed by atoms with Crippen LogP contribution in [-0.2, 0) is 0 Å². The summed E-state index contributed by atoms with van der Waals surface area (Å²) in [6.45, 7) is 0. The largest absolute Gasteiger partial charge is 0.504 e. The third-order valence-electron chi connectivity index (χ3n) is 2.61. The molecule has 1 aromatic rings. The molecule has 1 rings (SSSR count). The molecule has 0 amide bonds. The molecule has 18 heavy (non-hydrogen) atoms. The number of alkyl halides is 1. The van der Waals surface area contributed by atoms with Crippen molar-refractivity contribution < 1.29 is 19.4 Å². The first kappa shape index (κ1) is 14.8. The third-order valence-corrected chi connectivity index (χ3v) is 3.17. The van der Waals surface area contributed by atoms with Crippen LogP contribution < -0.4 is 9.47 Å². The standard InChI is InChI=1S/C13H17BrO4/c1-17-11-7-6-9(12(16)13(11)18-2)10(15)5-3-4-8-14/h6-7,16H,3-5,8H2,1-2H3. The molecular formula is C13H17BrO4. The van der Waals surface area contributed by atoms with E-state index in [0.717, 1.165) is 18.2 Å². The first-order chi connectivity index (χ1) is 8.65. The van der Waals surface area contributed by atoms with Crippen molar-refractivity contribution in [3.63, 3.8) is 0 Å². The number of ether oxygens (including phenoxy) is 2. The highest BCUT2D eigenvalue weighted by Crippen LogP contribution is 2.39. The molecule has 0 bridgehead atoms. The molecule has 1 aromatic carbocycles. The van der Waals surface area contributed by atoms with Gasteiger partial charge in [-0.15, -0.1) is 0 Å². The molecule has 0 aliphatic heterocycles. The van der Waals surface area contributed by atoms with Gasteiger partial charge >= 0.3 is 0 Å². The summed E-state index contributed by atoms with van der Waals surface area (Å²) in [6.07, 6.45) is 2.13. The van der Waals surface area contributed by atoms with E-state index in [1.807, 2.05) is 0 Å². The van der Waals surface area contributed by atoms with Gasteiger partial charge in [-0.2, -0.15) is 0 Å². The Bertz CT molecular complexity index is 418. The lowest BCUT2D eigenvalue weighted by Crippen LogP contribution is -2.02. The summed E-state index contributed by atoms with van der Waals surface area (Å²) < 4.78 is 10.1. The maximum absolute atomic E-state index is 11.9. The minimum atomic E-state index is -0.152. The monoisotopic (exact) mass is 316 g/mol. The Hall–Kier alpha value is -1.23. The van der Waals surface area contributed by atoms with E-state index in [1.54, 1.807) is 12.1 Å². The Kier molecular flexibility index (Phi) is 5.98. The fourth-order valence-electron chi connectivity index (χ4n) is 1.65. The smallest absolute Gasteiger partial charge is 0.203 e. The zero-order valence-corrected chi connectivity index (χ0v) is 12.1. The number of phenolic OH excluding ortho intramolecular Hbond substituents is 1. The minimum Gasteiger partial charge on any atom is -0.504 e. The maximum Gasteiger partial charge on any atom is 0.203 e. The van der Waals surface area contributed by atoms with Crippen molar-refractivity contribution in [3.8, 4) is 17.2 Å². The summed E-state index contributed by atoms with van der Waals surface area (Å²) in [5, 5.41) is 10.9. The average molecular weight is 317 g/mol. The van der Waals surface area contributed by atoms with Gasteiger partial charge in [0.05, 0.1) is 19.8 Å². The number of benzene rings is 1. The predicted octanol–water partition coefficient (Wildman–Crippen LogP) is 3.16. The molecule has 0 radical (unpaired) electrons. The molecule has 0 atom stereocenters. The lowest BCUT2D eigenvalue weighted by molar-refractivity contribution is 0.0976. The van der Waals surface area contributed by atoms with Crippen molar-refractivity contribution in [3.05, 3.63) is 17.7 Å². The molecule has 0 saturated heterocycles. The number of unbranched alkanes of at least 4 members (excludes halogenated alkanes) is 1. The van der Waals surface area contributed by atoms with Crippen LogP contribution >= 0.6 is 15.9 Å². The van der Waals surface area contributed by atoms with Gasteiger partial charge in [0.25, 0.3) is 0 Å². The van der Waals surface area contributed by atoms with E-state index < -0.39 is 0 Å². The number of methoxy groups -OCH3 is 2. The lowest BCUT2D eigenvalue weighted by atomic mass is 10.0. The van der Waals surface area contributed by atoms with Crippen LogP contribution in [0.3, 0.4) is 0 Å². The Morgan fingerprint density at radius 3 is 2.56 bits per heavy atom. The molecule has 0 spiro atoms. The Balaban J connectivity index is 2.93. The highest BCUT2D eigenvalue weighted by molar-refractivity contribution is 9.09. The number of ketones is 1. The summed E-state index contributed by atoms with van der Waals surface area (Å²) in [6, 6.07) is 3.18. The van der Waals surface area contributed by atoms with E-state index in [4.69, 9.17) is 9.47 Å². The van der Waals surface area contributed by atoms with Gasteiger partial charge in [0.2, 0.25) is 5.75 Å². The van der Waals surface area contributed by atoms with E-state index in [-0.39, 0.29) is 22.8 Å². The molecule has 0 fully saturated rings. The number of phenols is 1.